The fourth-order valence-corrected chi connectivity index (χ4v) is 4.40. The molecule has 2 unspecified atom stereocenters. The molecule has 2 aliphatic rings. The van der Waals surface area contributed by atoms with Crippen molar-refractivity contribution in [1.82, 2.24) is 4.90 Å². The highest BCUT2D eigenvalue weighted by molar-refractivity contribution is 7.14. The van der Waals surface area contributed by atoms with Crippen molar-refractivity contribution in [2.45, 2.75) is 45.1 Å². The minimum atomic E-state index is 0.171. The highest BCUT2D eigenvalue weighted by Gasteiger charge is 2.30. The summed E-state index contributed by atoms with van der Waals surface area (Å²) in [6.45, 7) is 3.02. The summed E-state index contributed by atoms with van der Waals surface area (Å²) in [5.41, 5.74) is 1.39. The molecule has 104 valence electrons. The first-order chi connectivity index (χ1) is 9.19. The monoisotopic (exact) mass is 279 g/mol. The van der Waals surface area contributed by atoms with Crippen LogP contribution >= 0.6 is 11.3 Å². The van der Waals surface area contributed by atoms with Crippen LogP contribution in [0.25, 0.3) is 0 Å². The van der Waals surface area contributed by atoms with Crippen molar-refractivity contribution in [3.8, 4) is 0 Å². The topological polar surface area (TPSA) is 40.5 Å². The zero-order chi connectivity index (χ0) is 13.4. The van der Waals surface area contributed by atoms with E-state index in [1.54, 1.807) is 11.3 Å². The van der Waals surface area contributed by atoms with Crippen LogP contribution in [0.1, 0.15) is 46.3 Å². The number of fused-ring (bicyclic) bond motifs is 1. The average molecular weight is 279 g/mol. The van der Waals surface area contributed by atoms with Gasteiger partial charge in [0.2, 0.25) is 0 Å². The Morgan fingerprint density at radius 3 is 3.05 bits per heavy atom. The van der Waals surface area contributed by atoms with Gasteiger partial charge in [-0.25, -0.2) is 0 Å². The second-order valence-electron chi connectivity index (χ2n) is 5.85. The Labute approximate surface area is 118 Å². The van der Waals surface area contributed by atoms with Gasteiger partial charge in [0.15, 0.2) is 0 Å². The molecule has 1 N–H and O–H groups in total. The Hall–Kier alpha value is -0.870. The molecule has 1 fully saturated rings. The van der Waals surface area contributed by atoms with Gasteiger partial charge in [0.05, 0.1) is 4.88 Å². The lowest BCUT2D eigenvalue weighted by molar-refractivity contribution is 0.0493. The van der Waals surface area contributed by atoms with Crippen molar-refractivity contribution >= 4 is 17.2 Å². The number of amides is 1. The molecule has 1 aliphatic heterocycles. The number of carbonyl (C=O) groups is 1. The fourth-order valence-electron chi connectivity index (χ4n) is 3.19. The van der Waals surface area contributed by atoms with Crippen molar-refractivity contribution < 1.29 is 9.90 Å². The van der Waals surface area contributed by atoms with E-state index in [1.807, 2.05) is 4.90 Å². The number of hydrogen-bond donors (Lipinski definition) is 1. The lowest BCUT2D eigenvalue weighted by Crippen LogP contribution is -2.46. The molecule has 0 aromatic carbocycles. The molecule has 0 radical (unpaired) electrons. The standard InChI is InChI=1S/C15H21NO2S/c1-10-5-6-11(9-17)8-16(10)15(18)14-7-12-3-2-4-13(12)19-14/h7,10-11,17H,2-6,8-9H2,1H3. The second-order valence-corrected chi connectivity index (χ2v) is 6.98. The molecule has 3 rings (SSSR count). The number of aryl methyl sites for hydroxylation is 2. The lowest BCUT2D eigenvalue weighted by atomic mass is 9.94. The van der Waals surface area contributed by atoms with Gasteiger partial charge in [0.1, 0.15) is 0 Å². The number of aliphatic hydroxyl groups is 1. The molecule has 1 amide bonds. The molecule has 2 heterocycles. The largest absolute Gasteiger partial charge is 0.396 e. The van der Waals surface area contributed by atoms with Crippen LogP contribution in [0.3, 0.4) is 0 Å². The molecule has 1 aromatic heterocycles. The van der Waals surface area contributed by atoms with Crippen molar-refractivity contribution in [3.05, 3.63) is 21.4 Å². The van der Waals surface area contributed by atoms with E-state index in [2.05, 4.69) is 13.0 Å². The van der Waals surface area contributed by atoms with Gasteiger partial charge in [-0.15, -0.1) is 11.3 Å². The van der Waals surface area contributed by atoms with Crippen LogP contribution in [0.4, 0.5) is 0 Å². The van der Waals surface area contributed by atoms with Crippen LogP contribution in [0, 0.1) is 5.92 Å². The molecular formula is C15H21NO2S. The first kappa shape index (κ1) is 13.1. The SMILES string of the molecule is CC1CCC(CO)CN1C(=O)c1cc2c(s1)CCC2. The molecule has 2 atom stereocenters. The van der Waals surface area contributed by atoms with E-state index in [4.69, 9.17) is 0 Å². The zero-order valence-electron chi connectivity index (χ0n) is 11.4. The van der Waals surface area contributed by atoms with Crippen LogP contribution in [0.5, 0.6) is 0 Å². The predicted molar refractivity (Wildman–Crippen MR) is 76.7 cm³/mol. The van der Waals surface area contributed by atoms with Gasteiger partial charge in [0.25, 0.3) is 5.91 Å². The predicted octanol–water partition coefficient (Wildman–Crippen LogP) is 2.47. The molecular weight excluding hydrogens is 258 g/mol. The van der Waals surface area contributed by atoms with Gasteiger partial charge in [-0.3, -0.25) is 4.79 Å². The Kier molecular flexibility index (Phi) is 3.63. The first-order valence-corrected chi connectivity index (χ1v) is 8.04. The summed E-state index contributed by atoms with van der Waals surface area (Å²) < 4.78 is 0. The maximum Gasteiger partial charge on any atom is 0.264 e. The summed E-state index contributed by atoms with van der Waals surface area (Å²) in [7, 11) is 0. The molecule has 19 heavy (non-hydrogen) atoms. The summed E-state index contributed by atoms with van der Waals surface area (Å²) >= 11 is 1.68. The molecule has 0 saturated carbocycles. The van der Waals surface area contributed by atoms with Gasteiger partial charge in [-0.2, -0.15) is 0 Å². The summed E-state index contributed by atoms with van der Waals surface area (Å²) in [6.07, 6.45) is 5.54. The Bertz CT molecular complexity index is 461. The molecule has 0 spiro atoms. The van der Waals surface area contributed by atoms with E-state index >= 15 is 0 Å². The summed E-state index contributed by atoms with van der Waals surface area (Å²) in [5.74, 6) is 0.428. The van der Waals surface area contributed by atoms with E-state index in [0.717, 1.165) is 30.6 Å². The number of nitrogens with zero attached hydrogens (tertiary/aromatic N) is 1. The van der Waals surface area contributed by atoms with Crippen LogP contribution < -0.4 is 0 Å². The van der Waals surface area contributed by atoms with Gasteiger partial charge in [-0.05, 0) is 56.6 Å². The highest BCUT2D eigenvalue weighted by Crippen LogP contribution is 2.32. The Morgan fingerprint density at radius 1 is 1.47 bits per heavy atom. The molecule has 1 saturated heterocycles. The second kappa shape index (κ2) is 5.25. The van der Waals surface area contributed by atoms with Crippen molar-refractivity contribution in [2.75, 3.05) is 13.2 Å². The van der Waals surface area contributed by atoms with Gasteiger partial charge >= 0.3 is 0 Å². The number of carbonyl (C=O) groups excluding carboxylic acids is 1. The maximum atomic E-state index is 12.6. The summed E-state index contributed by atoms with van der Waals surface area (Å²) in [6, 6.07) is 2.40. The van der Waals surface area contributed by atoms with Crippen molar-refractivity contribution in [2.24, 2.45) is 5.92 Å². The number of likely N-dealkylation sites (tertiary alicyclic amines) is 1. The molecule has 3 nitrogen and oxygen atoms in total. The quantitative estimate of drug-likeness (QED) is 0.903. The minimum absolute atomic E-state index is 0.171. The Balaban J connectivity index is 1.77. The van der Waals surface area contributed by atoms with Gasteiger partial charge in [-0.1, -0.05) is 0 Å². The maximum absolute atomic E-state index is 12.6. The van der Waals surface area contributed by atoms with Crippen LogP contribution in [0.15, 0.2) is 6.07 Å². The summed E-state index contributed by atoms with van der Waals surface area (Å²) in [4.78, 5) is 16.9. The van der Waals surface area contributed by atoms with Crippen LogP contribution in [0.2, 0.25) is 0 Å². The van der Waals surface area contributed by atoms with E-state index in [9.17, 15) is 9.90 Å². The molecule has 0 bridgehead atoms. The van der Waals surface area contributed by atoms with E-state index in [-0.39, 0.29) is 18.4 Å². The smallest absolute Gasteiger partial charge is 0.264 e. The molecule has 4 heteroatoms. The Morgan fingerprint density at radius 2 is 2.32 bits per heavy atom. The minimum Gasteiger partial charge on any atom is -0.396 e. The van der Waals surface area contributed by atoms with E-state index in [1.165, 1.54) is 16.9 Å². The first-order valence-electron chi connectivity index (χ1n) is 7.22. The number of piperidine rings is 1. The number of rotatable bonds is 2. The number of aliphatic hydroxyl groups excluding tert-OH is 1. The number of hydrogen-bond acceptors (Lipinski definition) is 3. The lowest BCUT2D eigenvalue weighted by Gasteiger charge is -2.37. The van der Waals surface area contributed by atoms with Crippen molar-refractivity contribution in [3.63, 3.8) is 0 Å². The van der Waals surface area contributed by atoms with Gasteiger partial charge < -0.3 is 10.0 Å². The van der Waals surface area contributed by atoms with Crippen molar-refractivity contribution in [1.29, 1.82) is 0 Å². The van der Waals surface area contributed by atoms with Crippen LogP contribution in [-0.4, -0.2) is 35.1 Å². The molecule has 1 aliphatic carbocycles. The third-order valence-electron chi connectivity index (χ3n) is 4.46. The van der Waals surface area contributed by atoms with E-state index < -0.39 is 0 Å². The van der Waals surface area contributed by atoms with Crippen LogP contribution in [-0.2, 0) is 12.8 Å². The normalized spacial score (nSPS) is 26.5. The van der Waals surface area contributed by atoms with Gasteiger partial charge in [0, 0.05) is 24.1 Å². The van der Waals surface area contributed by atoms with E-state index in [0.29, 0.717) is 12.6 Å². The summed E-state index contributed by atoms with van der Waals surface area (Å²) in [5, 5.41) is 9.31. The third kappa shape index (κ3) is 2.43. The average Bonchev–Trinajstić information content (AvgIpc) is 2.99. The molecule has 1 aromatic rings. The zero-order valence-corrected chi connectivity index (χ0v) is 12.2. The third-order valence-corrected chi connectivity index (χ3v) is 5.68. The highest BCUT2D eigenvalue weighted by atomic mass is 32.1. The fraction of sp³-hybridized carbons (Fsp3) is 0.667. The number of thiophene rings is 1.